The van der Waals surface area contributed by atoms with Crippen molar-refractivity contribution in [3.63, 3.8) is 0 Å². The first-order valence-electron chi connectivity index (χ1n) is 6.66. The molecule has 1 aliphatic heterocycles. The molecule has 6 heteroatoms. The molecule has 21 heavy (non-hydrogen) atoms. The smallest absolute Gasteiger partial charge is 0.292 e. The van der Waals surface area contributed by atoms with Crippen LogP contribution in [-0.4, -0.2) is 17.6 Å². The molecule has 0 saturated heterocycles. The van der Waals surface area contributed by atoms with Crippen LogP contribution in [0.5, 0.6) is 5.75 Å². The number of nitrogens with zero attached hydrogens (tertiary/aromatic N) is 1. The third-order valence-corrected chi connectivity index (χ3v) is 3.47. The van der Waals surface area contributed by atoms with Crippen LogP contribution in [0, 0.1) is 10.1 Å². The van der Waals surface area contributed by atoms with Gasteiger partial charge in [0.25, 0.3) is 5.69 Å². The Kier molecular flexibility index (Phi) is 3.35. The van der Waals surface area contributed by atoms with E-state index in [1.165, 1.54) is 11.6 Å². The van der Waals surface area contributed by atoms with Crippen molar-refractivity contribution >= 4 is 17.1 Å². The summed E-state index contributed by atoms with van der Waals surface area (Å²) in [6.45, 7) is 0.617. The molecular weight excluding hydrogens is 270 g/mol. The molecule has 1 unspecified atom stereocenters. The Hall–Kier alpha value is -2.76. The lowest BCUT2D eigenvalue weighted by molar-refractivity contribution is -0.383. The number of para-hydroxylation sites is 1. The van der Waals surface area contributed by atoms with E-state index < -0.39 is 4.92 Å². The maximum Gasteiger partial charge on any atom is 0.292 e. The second kappa shape index (κ2) is 5.32. The van der Waals surface area contributed by atoms with Gasteiger partial charge in [0.1, 0.15) is 17.5 Å². The van der Waals surface area contributed by atoms with Gasteiger partial charge in [0.15, 0.2) is 0 Å². The van der Waals surface area contributed by atoms with E-state index in [4.69, 9.17) is 10.5 Å². The summed E-state index contributed by atoms with van der Waals surface area (Å²) in [6, 6.07) is 12.6. The molecule has 1 aliphatic rings. The zero-order chi connectivity index (χ0) is 14.8. The van der Waals surface area contributed by atoms with Gasteiger partial charge in [0.05, 0.1) is 11.5 Å². The number of nitro benzene ring substituents is 1. The number of nitrogens with one attached hydrogen (secondary N) is 1. The van der Waals surface area contributed by atoms with Crippen molar-refractivity contribution in [1.29, 1.82) is 0 Å². The number of nitrogen functional groups attached to an aromatic ring is 1. The molecule has 0 bridgehead atoms. The van der Waals surface area contributed by atoms with Crippen LogP contribution in [0.15, 0.2) is 42.5 Å². The molecule has 108 valence electrons. The summed E-state index contributed by atoms with van der Waals surface area (Å²) in [5.74, 6) is 0.924. The first-order chi connectivity index (χ1) is 10.1. The van der Waals surface area contributed by atoms with Crippen molar-refractivity contribution < 1.29 is 9.66 Å². The van der Waals surface area contributed by atoms with Gasteiger partial charge in [0.2, 0.25) is 0 Å². The largest absolute Gasteiger partial charge is 0.488 e. The van der Waals surface area contributed by atoms with Crippen LogP contribution in [0.1, 0.15) is 5.56 Å². The van der Waals surface area contributed by atoms with Gasteiger partial charge in [-0.05, 0) is 23.8 Å². The number of benzene rings is 2. The molecule has 1 heterocycles. The Morgan fingerprint density at radius 1 is 1.33 bits per heavy atom. The number of fused-ring (bicyclic) bond motifs is 1. The molecule has 0 fully saturated rings. The fourth-order valence-electron chi connectivity index (χ4n) is 2.43. The predicted octanol–water partition coefficient (Wildman–Crippen LogP) is 2.59. The third kappa shape index (κ3) is 2.74. The summed E-state index contributed by atoms with van der Waals surface area (Å²) < 4.78 is 5.82. The molecular formula is C15H15N3O3. The average Bonchev–Trinajstić information content (AvgIpc) is 2.87. The lowest BCUT2D eigenvalue weighted by Crippen LogP contribution is -2.24. The molecule has 3 rings (SSSR count). The van der Waals surface area contributed by atoms with E-state index in [-0.39, 0.29) is 17.5 Å². The fourth-order valence-corrected chi connectivity index (χ4v) is 2.43. The van der Waals surface area contributed by atoms with Crippen molar-refractivity contribution in [3.05, 3.63) is 58.1 Å². The highest BCUT2D eigenvalue weighted by Crippen LogP contribution is 2.29. The Labute approximate surface area is 121 Å². The Bertz CT molecular complexity index is 663. The minimum absolute atomic E-state index is 0.0545. The summed E-state index contributed by atoms with van der Waals surface area (Å²) in [7, 11) is 0. The van der Waals surface area contributed by atoms with Crippen LogP contribution in [0.3, 0.4) is 0 Å². The van der Waals surface area contributed by atoms with Crippen LogP contribution in [0.4, 0.5) is 17.1 Å². The Morgan fingerprint density at radius 2 is 2.14 bits per heavy atom. The summed E-state index contributed by atoms with van der Waals surface area (Å²) in [6.07, 6.45) is 0.907. The van der Waals surface area contributed by atoms with Gasteiger partial charge in [0, 0.05) is 18.2 Å². The van der Waals surface area contributed by atoms with Crippen LogP contribution < -0.4 is 15.8 Å². The number of anilines is 2. The topological polar surface area (TPSA) is 90.4 Å². The summed E-state index contributed by atoms with van der Waals surface area (Å²) in [5, 5.41) is 13.9. The van der Waals surface area contributed by atoms with E-state index in [2.05, 4.69) is 11.4 Å². The number of rotatable bonds is 4. The highest BCUT2D eigenvalue weighted by molar-refractivity contribution is 5.65. The third-order valence-electron chi connectivity index (χ3n) is 3.47. The van der Waals surface area contributed by atoms with E-state index in [9.17, 15) is 10.1 Å². The predicted molar refractivity (Wildman–Crippen MR) is 80.6 cm³/mol. The minimum atomic E-state index is -0.490. The van der Waals surface area contributed by atoms with E-state index in [0.717, 1.165) is 17.9 Å². The van der Waals surface area contributed by atoms with E-state index in [1.54, 1.807) is 12.1 Å². The highest BCUT2D eigenvalue weighted by Gasteiger charge is 2.22. The Balaban J connectivity index is 1.62. The zero-order valence-electron chi connectivity index (χ0n) is 11.3. The fraction of sp³-hybridized carbons (Fsp3) is 0.200. The number of ether oxygens (including phenoxy) is 1. The SMILES string of the molecule is Nc1cc(NCC2Cc3ccccc3O2)ccc1[N+](=O)[O-]. The van der Waals surface area contributed by atoms with Crippen LogP contribution >= 0.6 is 0 Å². The standard InChI is InChI=1S/C15H15N3O3/c16-13-8-11(5-6-14(13)18(19)20)17-9-12-7-10-3-1-2-4-15(10)21-12/h1-6,8,12,17H,7,9,16H2. The van der Waals surface area contributed by atoms with E-state index in [0.29, 0.717) is 6.54 Å². The maximum absolute atomic E-state index is 10.7. The minimum Gasteiger partial charge on any atom is -0.488 e. The molecule has 2 aromatic rings. The first kappa shape index (κ1) is 13.2. The molecule has 0 radical (unpaired) electrons. The molecule has 0 saturated carbocycles. The number of nitro groups is 1. The summed E-state index contributed by atoms with van der Waals surface area (Å²) >= 11 is 0. The summed E-state index contributed by atoms with van der Waals surface area (Å²) in [5.41, 5.74) is 7.69. The highest BCUT2D eigenvalue weighted by atomic mass is 16.6. The molecule has 2 aromatic carbocycles. The zero-order valence-corrected chi connectivity index (χ0v) is 11.3. The quantitative estimate of drug-likeness (QED) is 0.512. The van der Waals surface area contributed by atoms with Gasteiger partial charge in [-0.3, -0.25) is 10.1 Å². The van der Waals surface area contributed by atoms with Crippen molar-refractivity contribution in [1.82, 2.24) is 0 Å². The van der Waals surface area contributed by atoms with Gasteiger partial charge in [-0.15, -0.1) is 0 Å². The maximum atomic E-state index is 10.7. The lowest BCUT2D eigenvalue weighted by Gasteiger charge is -2.13. The van der Waals surface area contributed by atoms with Crippen LogP contribution in [0.25, 0.3) is 0 Å². The molecule has 0 aliphatic carbocycles. The molecule has 3 N–H and O–H groups in total. The summed E-state index contributed by atoms with van der Waals surface area (Å²) in [4.78, 5) is 10.2. The average molecular weight is 285 g/mol. The van der Waals surface area contributed by atoms with E-state index in [1.807, 2.05) is 18.2 Å². The van der Waals surface area contributed by atoms with Gasteiger partial charge >= 0.3 is 0 Å². The lowest BCUT2D eigenvalue weighted by atomic mass is 10.1. The number of hydrogen-bond donors (Lipinski definition) is 2. The second-order valence-electron chi connectivity index (χ2n) is 4.96. The second-order valence-corrected chi connectivity index (χ2v) is 4.96. The van der Waals surface area contributed by atoms with Crippen molar-refractivity contribution in [2.45, 2.75) is 12.5 Å². The van der Waals surface area contributed by atoms with Gasteiger partial charge < -0.3 is 15.8 Å². The van der Waals surface area contributed by atoms with Gasteiger partial charge in [-0.2, -0.15) is 0 Å². The molecule has 0 spiro atoms. The number of nitrogens with two attached hydrogens (primary N) is 1. The normalized spacial score (nSPS) is 16.1. The molecule has 0 aromatic heterocycles. The first-order valence-corrected chi connectivity index (χ1v) is 6.66. The molecule has 1 atom stereocenters. The van der Waals surface area contributed by atoms with Crippen LogP contribution in [0.2, 0.25) is 0 Å². The van der Waals surface area contributed by atoms with Crippen molar-refractivity contribution in [2.24, 2.45) is 0 Å². The molecule has 6 nitrogen and oxygen atoms in total. The monoisotopic (exact) mass is 285 g/mol. The van der Waals surface area contributed by atoms with Crippen molar-refractivity contribution in [2.75, 3.05) is 17.6 Å². The molecule has 0 amide bonds. The van der Waals surface area contributed by atoms with Gasteiger partial charge in [-0.25, -0.2) is 0 Å². The van der Waals surface area contributed by atoms with Crippen molar-refractivity contribution in [3.8, 4) is 5.75 Å². The Morgan fingerprint density at radius 3 is 2.86 bits per heavy atom. The van der Waals surface area contributed by atoms with E-state index >= 15 is 0 Å². The van der Waals surface area contributed by atoms with Crippen LogP contribution in [-0.2, 0) is 6.42 Å². The van der Waals surface area contributed by atoms with Gasteiger partial charge in [-0.1, -0.05) is 18.2 Å². The number of hydrogen-bond acceptors (Lipinski definition) is 5.